The molecular formula is C36H52N2O8. The van der Waals surface area contributed by atoms with Crippen molar-refractivity contribution in [2.24, 2.45) is 46.3 Å². The van der Waals surface area contributed by atoms with E-state index in [0.29, 0.717) is 30.1 Å². The van der Waals surface area contributed by atoms with Gasteiger partial charge in [-0.05, 0) is 123 Å². The Bertz CT molecular complexity index is 1320. The summed E-state index contributed by atoms with van der Waals surface area (Å²) in [5.41, 5.74) is 0.333. The first kappa shape index (κ1) is 34.4. The number of carbonyl (C=O) groups excluding carboxylic acids is 2. The molecule has 1 aromatic carbocycles. The number of fused-ring (bicyclic) bond motifs is 5. The van der Waals surface area contributed by atoms with E-state index < -0.39 is 23.9 Å². The Labute approximate surface area is 271 Å². The van der Waals surface area contributed by atoms with Crippen molar-refractivity contribution >= 4 is 29.4 Å². The Morgan fingerprint density at radius 1 is 0.870 bits per heavy atom. The summed E-state index contributed by atoms with van der Waals surface area (Å²) >= 11 is 0. The maximum Gasteiger partial charge on any atom is 0.337 e. The number of benzene rings is 1. The number of hydrogen-bond donors (Lipinski definition) is 6. The SMILES string of the molecule is C[C@H](CCC(=O)N[C@@H](CCC(=O)Nc1ccccc1C(=O)O)C(=O)O)[C@H]1CC[C@H]2[C@@H]3[C@H](O)C[C@@H]4C[C@H](O)CC[C@]4(C)[C@H]3CC[C@]12C. The van der Waals surface area contributed by atoms with Gasteiger partial charge in [0.15, 0.2) is 0 Å². The van der Waals surface area contributed by atoms with Crippen LogP contribution in [0.5, 0.6) is 0 Å². The molecule has 254 valence electrons. The van der Waals surface area contributed by atoms with E-state index in [1.54, 1.807) is 12.1 Å². The van der Waals surface area contributed by atoms with Crippen LogP contribution in [-0.2, 0) is 14.4 Å². The molecule has 0 aliphatic heterocycles. The van der Waals surface area contributed by atoms with Gasteiger partial charge in [-0.15, -0.1) is 0 Å². The predicted molar refractivity (Wildman–Crippen MR) is 172 cm³/mol. The standard InChI is InChI=1S/C36H52N2O8/c1-20(8-12-30(41)38-28(34(45)46)11-13-31(42)37-27-7-5-4-6-23(27)33(43)44)24-9-10-25-32-26(15-17-36(24,25)3)35(2)16-14-22(39)18-21(35)19-29(32)40/h4-7,20-22,24-26,28-29,32,39-40H,8-19H2,1-3H3,(H,37,42)(H,38,41)(H,43,44)(H,45,46)/t20-,21+,22-,24-,25+,26+,28+,29-,32+,35+,36-/m1/s1. The first-order valence-electron chi connectivity index (χ1n) is 17.2. The van der Waals surface area contributed by atoms with Gasteiger partial charge in [-0.25, -0.2) is 9.59 Å². The maximum atomic E-state index is 12.9. The lowest BCUT2D eigenvalue weighted by Gasteiger charge is -2.62. The number of carbonyl (C=O) groups is 4. The van der Waals surface area contributed by atoms with Crippen LogP contribution >= 0.6 is 0 Å². The zero-order valence-electron chi connectivity index (χ0n) is 27.4. The Hall–Kier alpha value is -2.98. The molecule has 0 spiro atoms. The number of nitrogens with one attached hydrogen (secondary N) is 2. The van der Waals surface area contributed by atoms with Gasteiger partial charge in [0.25, 0.3) is 0 Å². The van der Waals surface area contributed by atoms with Gasteiger partial charge in [0.05, 0.1) is 23.5 Å². The Balaban J connectivity index is 1.13. The average Bonchev–Trinajstić information content (AvgIpc) is 3.36. The summed E-state index contributed by atoms with van der Waals surface area (Å²) in [4.78, 5) is 48.7. The van der Waals surface area contributed by atoms with E-state index in [9.17, 15) is 39.6 Å². The van der Waals surface area contributed by atoms with Gasteiger partial charge in [0.1, 0.15) is 6.04 Å². The number of aliphatic hydroxyl groups excluding tert-OH is 2. The van der Waals surface area contributed by atoms with E-state index in [1.807, 2.05) is 0 Å². The molecule has 4 saturated carbocycles. The van der Waals surface area contributed by atoms with Gasteiger partial charge in [0.2, 0.25) is 11.8 Å². The van der Waals surface area contributed by atoms with Crippen LogP contribution in [0.3, 0.4) is 0 Å². The smallest absolute Gasteiger partial charge is 0.337 e. The zero-order chi connectivity index (χ0) is 33.4. The van der Waals surface area contributed by atoms with Gasteiger partial charge in [-0.1, -0.05) is 32.9 Å². The molecular weight excluding hydrogens is 588 g/mol. The van der Waals surface area contributed by atoms with Crippen LogP contribution in [0.2, 0.25) is 0 Å². The molecule has 0 aromatic heterocycles. The molecule has 4 aliphatic rings. The van der Waals surface area contributed by atoms with Crippen LogP contribution in [0.1, 0.15) is 108 Å². The number of aromatic carboxylic acids is 1. The Morgan fingerprint density at radius 2 is 1.54 bits per heavy atom. The molecule has 4 aliphatic carbocycles. The number of aliphatic carboxylic acids is 1. The van der Waals surface area contributed by atoms with E-state index in [4.69, 9.17) is 0 Å². The van der Waals surface area contributed by atoms with E-state index in [0.717, 1.165) is 51.4 Å². The number of aliphatic hydroxyl groups is 2. The molecule has 1 aromatic rings. The third kappa shape index (κ3) is 6.70. The summed E-state index contributed by atoms with van der Waals surface area (Å²) < 4.78 is 0. The average molecular weight is 641 g/mol. The molecule has 0 saturated heterocycles. The number of amides is 2. The third-order valence-corrected chi connectivity index (χ3v) is 13.0. The molecule has 0 heterocycles. The molecule has 10 heteroatoms. The molecule has 0 unspecified atom stereocenters. The second-order valence-corrected chi connectivity index (χ2v) is 15.4. The van der Waals surface area contributed by atoms with Gasteiger partial charge in [0, 0.05) is 12.8 Å². The lowest BCUT2D eigenvalue weighted by atomic mass is 9.43. The first-order chi connectivity index (χ1) is 21.7. The predicted octanol–water partition coefficient (Wildman–Crippen LogP) is 5.08. The minimum atomic E-state index is -1.23. The molecule has 10 nitrogen and oxygen atoms in total. The molecule has 5 rings (SSSR count). The highest BCUT2D eigenvalue weighted by molar-refractivity contribution is 6.00. The highest BCUT2D eigenvalue weighted by atomic mass is 16.4. The topological polar surface area (TPSA) is 173 Å². The van der Waals surface area contributed by atoms with Crippen LogP contribution in [-0.4, -0.2) is 62.4 Å². The summed E-state index contributed by atoms with van der Waals surface area (Å²) in [6.07, 6.45) is 7.75. The minimum Gasteiger partial charge on any atom is -0.480 e. The fourth-order valence-electron chi connectivity index (χ4n) is 10.5. The first-order valence-corrected chi connectivity index (χ1v) is 17.2. The maximum absolute atomic E-state index is 12.9. The second-order valence-electron chi connectivity index (χ2n) is 15.4. The molecule has 4 fully saturated rings. The summed E-state index contributed by atoms with van der Waals surface area (Å²) in [6, 6.07) is 4.75. The quantitative estimate of drug-likeness (QED) is 0.194. The highest BCUT2D eigenvalue weighted by Crippen LogP contribution is 2.68. The normalized spacial score (nSPS) is 36.3. The second kappa shape index (κ2) is 13.6. The molecule has 2 amide bonds. The summed E-state index contributed by atoms with van der Waals surface area (Å²) in [5.74, 6) is -1.04. The van der Waals surface area contributed by atoms with Gasteiger partial charge < -0.3 is 31.1 Å². The van der Waals surface area contributed by atoms with E-state index in [-0.39, 0.29) is 71.3 Å². The van der Waals surface area contributed by atoms with Gasteiger partial charge in [-0.3, -0.25) is 9.59 Å². The molecule has 6 N–H and O–H groups in total. The monoisotopic (exact) mass is 640 g/mol. The summed E-state index contributed by atoms with van der Waals surface area (Å²) in [6.45, 7) is 7.01. The van der Waals surface area contributed by atoms with E-state index in [2.05, 4.69) is 31.4 Å². The largest absolute Gasteiger partial charge is 0.480 e. The fourth-order valence-corrected chi connectivity index (χ4v) is 10.5. The van der Waals surface area contributed by atoms with Crippen LogP contribution in [0.25, 0.3) is 0 Å². The van der Waals surface area contributed by atoms with Crippen LogP contribution in [0.15, 0.2) is 24.3 Å². The molecule has 11 atom stereocenters. The number of para-hydroxylation sites is 1. The number of carboxylic acids is 2. The molecule has 0 bridgehead atoms. The van der Waals surface area contributed by atoms with Crippen molar-refractivity contribution in [3.8, 4) is 0 Å². The molecule has 0 radical (unpaired) electrons. The lowest BCUT2D eigenvalue weighted by Crippen LogP contribution is -2.58. The van der Waals surface area contributed by atoms with Crippen molar-refractivity contribution in [1.82, 2.24) is 5.32 Å². The van der Waals surface area contributed by atoms with Gasteiger partial charge in [-0.2, -0.15) is 0 Å². The van der Waals surface area contributed by atoms with E-state index >= 15 is 0 Å². The summed E-state index contributed by atoms with van der Waals surface area (Å²) in [7, 11) is 0. The minimum absolute atomic E-state index is 0.0636. The number of carboxylic acid groups (broad SMARTS) is 2. The van der Waals surface area contributed by atoms with Crippen LogP contribution < -0.4 is 10.6 Å². The van der Waals surface area contributed by atoms with Crippen molar-refractivity contribution in [3.63, 3.8) is 0 Å². The fraction of sp³-hybridized carbons (Fsp3) is 0.722. The molecule has 46 heavy (non-hydrogen) atoms. The van der Waals surface area contributed by atoms with Gasteiger partial charge >= 0.3 is 11.9 Å². The zero-order valence-corrected chi connectivity index (χ0v) is 27.4. The number of anilines is 1. The van der Waals surface area contributed by atoms with Crippen molar-refractivity contribution < 1.29 is 39.6 Å². The van der Waals surface area contributed by atoms with Crippen molar-refractivity contribution in [3.05, 3.63) is 29.8 Å². The van der Waals surface area contributed by atoms with E-state index in [1.165, 1.54) is 12.1 Å². The Kier molecular flexibility index (Phi) is 10.2. The third-order valence-electron chi connectivity index (χ3n) is 13.0. The highest BCUT2D eigenvalue weighted by Gasteiger charge is 2.62. The van der Waals surface area contributed by atoms with Crippen LogP contribution in [0.4, 0.5) is 5.69 Å². The summed E-state index contributed by atoms with van der Waals surface area (Å²) in [5, 5.41) is 46.0. The van der Waals surface area contributed by atoms with Crippen LogP contribution in [0, 0.1) is 46.3 Å². The number of rotatable bonds is 11. The van der Waals surface area contributed by atoms with Crippen molar-refractivity contribution in [2.75, 3.05) is 5.32 Å². The van der Waals surface area contributed by atoms with Crippen molar-refractivity contribution in [2.45, 2.75) is 116 Å². The Morgan fingerprint density at radius 3 is 2.26 bits per heavy atom. The van der Waals surface area contributed by atoms with Crippen molar-refractivity contribution in [1.29, 1.82) is 0 Å². The number of hydrogen-bond acceptors (Lipinski definition) is 6. The lowest BCUT2D eigenvalue weighted by molar-refractivity contribution is -0.174.